The molecule has 1 saturated heterocycles. The first-order valence-electron chi connectivity index (χ1n) is 8.00. The molecule has 0 amide bonds. The van der Waals surface area contributed by atoms with E-state index in [1.54, 1.807) is 13.2 Å². The molecule has 0 radical (unpaired) electrons. The normalized spacial score (nSPS) is 18.5. The Morgan fingerprint density at radius 1 is 1.16 bits per heavy atom. The summed E-state index contributed by atoms with van der Waals surface area (Å²) in [7, 11) is 3.06. The molecule has 1 saturated carbocycles. The summed E-state index contributed by atoms with van der Waals surface area (Å²) in [5, 5.41) is 14.9. The fourth-order valence-corrected chi connectivity index (χ4v) is 3.40. The van der Waals surface area contributed by atoms with Crippen LogP contribution in [0.5, 0.6) is 11.5 Å². The number of hydrogen-bond donors (Lipinski definition) is 1. The Bertz CT molecular complexity index is 593. The molecule has 9 heteroatoms. The zero-order valence-corrected chi connectivity index (χ0v) is 16.0. The van der Waals surface area contributed by atoms with Gasteiger partial charge in [-0.3, -0.25) is 15.0 Å². The molecule has 0 aromatic heterocycles. The number of nitro benzene ring substituents is 1. The predicted molar refractivity (Wildman–Crippen MR) is 101 cm³/mol. The third-order valence-electron chi connectivity index (χ3n) is 4.66. The second-order valence-electron chi connectivity index (χ2n) is 6.09. The summed E-state index contributed by atoms with van der Waals surface area (Å²) < 4.78 is 10.6. The van der Waals surface area contributed by atoms with Crippen molar-refractivity contribution in [1.82, 2.24) is 10.2 Å². The topological polar surface area (TPSA) is 76.9 Å². The van der Waals surface area contributed by atoms with Crippen molar-refractivity contribution in [1.29, 1.82) is 0 Å². The van der Waals surface area contributed by atoms with Gasteiger partial charge in [0.15, 0.2) is 11.5 Å². The fourth-order valence-electron chi connectivity index (χ4n) is 3.40. The van der Waals surface area contributed by atoms with Crippen LogP contribution in [-0.4, -0.2) is 50.2 Å². The Hall–Kier alpha value is -1.28. The van der Waals surface area contributed by atoms with E-state index in [4.69, 9.17) is 9.47 Å². The van der Waals surface area contributed by atoms with Crippen molar-refractivity contribution in [2.75, 3.05) is 40.4 Å². The summed E-state index contributed by atoms with van der Waals surface area (Å²) in [5.41, 5.74) is 0.870. The first-order valence-corrected chi connectivity index (χ1v) is 8.00. The van der Waals surface area contributed by atoms with Crippen LogP contribution in [0.25, 0.3) is 0 Å². The van der Waals surface area contributed by atoms with E-state index in [2.05, 4.69) is 10.2 Å². The van der Waals surface area contributed by atoms with Crippen molar-refractivity contribution < 1.29 is 14.4 Å². The van der Waals surface area contributed by atoms with Gasteiger partial charge in [0, 0.05) is 32.2 Å². The molecule has 142 valence electrons. The average Bonchev–Trinajstić information content (AvgIpc) is 3.40. The highest BCUT2D eigenvalue weighted by Crippen LogP contribution is 2.49. The summed E-state index contributed by atoms with van der Waals surface area (Å²) in [6.07, 6.45) is 2.25. The number of nitro groups is 1. The maximum absolute atomic E-state index is 11.6. The third-order valence-corrected chi connectivity index (χ3v) is 4.66. The minimum atomic E-state index is -0.311. The molecule has 3 rings (SSSR count). The number of piperazine rings is 1. The second-order valence-corrected chi connectivity index (χ2v) is 6.09. The Labute approximate surface area is 160 Å². The standard InChI is InChI=1S/C16H23N3O4.2ClH/c1-22-14-9-12(13(19(20)21)10-15(14)23-2)16(11-3-4-11)18-7-5-17-6-8-18;;/h9-11,16-17H,3-8H2,1-2H3;2*1H/t16-;;/m1../s1. The van der Waals surface area contributed by atoms with E-state index in [1.165, 1.54) is 13.2 Å². The molecule has 2 fully saturated rings. The molecule has 1 aromatic carbocycles. The van der Waals surface area contributed by atoms with E-state index in [-0.39, 0.29) is 41.5 Å². The Balaban J connectivity index is 0.00000156. The van der Waals surface area contributed by atoms with Crippen LogP contribution in [0, 0.1) is 16.0 Å². The molecule has 2 aliphatic rings. The minimum absolute atomic E-state index is 0. The van der Waals surface area contributed by atoms with Crippen molar-refractivity contribution in [2.24, 2.45) is 5.92 Å². The quantitative estimate of drug-likeness (QED) is 0.591. The van der Waals surface area contributed by atoms with Gasteiger partial charge in [-0.15, -0.1) is 24.8 Å². The van der Waals surface area contributed by atoms with Gasteiger partial charge >= 0.3 is 0 Å². The van der Waals surface area contributed by atoms with E-state index in [1.807, 2.05) is 0 Å². The number of methoxy groups -OCH3 is 2. The van der Waals surface area contributed by atoms with Crippen LogP contribution in [0.2, 0.25) is 0 Å². The highest BCUT2D eigenvalue weighted by Gasteiger charge is 2.40. The zero-order valence-electron chi connectivity index (χ0n) is 14.4. The van der Waals surface area contributed by atoms with Crippen molar-refractivity contribution in [3.63, 3.8) is 0 Å². The summed E-state index contributed by atoms with van der Waals surface area (Å²) in [6.45, 7) is 3.66. The Morgan fingerprint density at radius 2 is 1.72 bits per heavy atom. The van der Waals surface area contributed by atoms with Gasteiger partial charge in [-0.1, -0.05) is 0 Å². The van der Waals surface area contributed by atoms with Gasteiger partial charge in [-0.05, 0) is 24.8 Å². The molecule has 1 aliphatic heterocycles. The number of hydrogen-bond acceptors (Lipinski definition) is 6. The number of nitrogens with one attached hydrogen (secondary N) is 1. The maximum Gasteiger partial charge on any atom is 0.278 e. The molecular formula is C16H25Cl2N3O4. The fraction of sp³-hybridized carbons (Fsp3) is 0.625. The summed E-state index contributed by atoms with van der Waals surface area (Å²) in [5.74, 6) is 1.44. The first-order chi connectivity index (χ1) is 11.2. The first kappa shape index (κ1) is 21.8. The average molecular weight is 394 g/mol. The number of rotatable bonds is 6. The lowest BCUT2D eigenvalue weighted by molar-refractivity contribution is -0.386. The largest absolute Gasteiger partial charge is 0.493 e. The van der Waals surface area contributed by atoms with Crippen LogP contribution in [-0.2, 0) is 0 Å². The van der Waals surface area contributed by atoms with Gasteiger partial charge in [0.2, 0.25) is 0 Å². The summed E-state index contributed by atoms with van der Waals surface area (Å²) >= 11 is 0. The highest BCUT2D eigenvalue weighted by atomic mass is 35.5. The van der Waals surface area contributed by atoms with Crippen LogP contribution < -0.4 is 14.8 Å². The molecule has 1 aliphatic carbocycles. The lowest BCUT2D eigenvalue weighted by Crippen LogP contribution is -2.45. The van der Waals surface area contributed by atoms with Crippen molar-refractivity contribution in [3.05, 3.63) is 27.8 Å². The van der Waals surface area contributed by atoms with Gasteiger partial charge < -0.3 is 14.8 Å². The maximum atomic E-state index is 11.6. The molecule has 1 atom stereocenters. The Morgan fingerprint density at radius 3 is 2.20 bits per heavy atom. The van der Waals surface area contributed by atoms with E-state index in [0.29, 0.717) is 17.4 Å². The molecular weight excluding hydrogens is 369 g/mol. The molecule has 1 N–H and O–H groups in total. The molecule has 7 nitrogen and oxygen atoms in total. The van der Waals surface area contributed by atoms with Gasteiger partial charge in [0.05, 0.1) is 30.8 Å². The zero-order chi connectivity index (χ0) is 16.4. The predicted octanol–water partition coefficient (Wildman–Crippen LogP) is 2.81. The molecule has 0 spiro atoms. The smallest absolute Gasteiger partial charge is 0.278 e. The second kappa shape index (κ2) is 9.43. The van der Waals surface area contributed by atoms with Gasteiger partial charge in [-0.2, -0.15) is 0 Å². The van der Waals surface area contributed by atoms with Crippen molar-refractivity contribution in [2.45, 2.75) is 18.9 Å². The SMILES string of the molecule is COc1cc([C@@H](C2CC2)N2CCNCC2)c([N+](=O)[O-])cc1OC.Cl.Cl. The Kier molecular flexibility index (Phi) is 8.21. The number of benzene rings is 1. The third kappa shape index (κ3) is 4.67. The molecule has 1 aromatic rings. The van der Waals surface area contributed by atoms with Crippen LogP contribution >= 0.6 is 24.8 Å². The van der Waals surface area contributed by atoms with Gasteiger partial charge in [0.1, 0.15) is 0 Å². The van der Waals surface area contributed by atoms with E-state index >= 15 is 0 Å². The molecule has 0 unspecified atom stereocenters. The summed E-state index contributed by atoms with van der Waals surface area (Å²) in [6, 6.07) is 3.37. The number of nitrogens with zero attached hydrogens (tertiary/aromatic N) is 2. The van der Waals surface area contributed by atoms with E-state index < -0.39 is 0 Å². The van der Waals surface area contributed by atoms with Crippen molar-refractivity contribution in [3.8, 4) is 11.5 Å². The molecule has 1 heterocycles. The highest BCUT2D eigenvalue weighted by molar-refractivity contribution is 5.85. The van der Waals surface area contributed by atoms with Gasteiger partial charge in [0.25, 0.3) is 5.69 Å². The molecule has 0 bridgehead atoms. The minimum Gasteiger partial charge on any atom is -0.493 e. The number of halogens is 2. The van der Waals surface area contributed by atoms with E-state index in [9.17, 15) is 10.1 Å². The van der Waals surface area contributed by atoms with Crippen LogP contribution in [0.1, 0.15) is 24.4 Å². The number of ether oxygens (including phenoxy) is 2. The van der Waals surface area contributed by atoms with Gasteiger partial charge in [-0.25, -0.2) is 0 Å². The van der Waals surface area contributed by atoms with E-state index in [0.717, 1.165) is 44.6 Å². The monoisotopic (exact) mass is 393 g/mol. The summed E-state index contributed by atoms with van der Waals surface area (Å²) in [4.78, 5) is 13.7. The molecule has 25 heavy (non-hydrogen) atoms. The van der Waals surface area contributed by atoms with Crippen LogP contribution in [0.15, 0.2) is 12.1 Å². The lowest BCUT2D eigenvalue weighted by atomic mass is 9.97. The van der Waals surface area contributed by atoms with Crippen LogP contribution in [0.3, 0.4) is 0 Å². The van der Waals surface area contributed by atoms with Crippen LogP contribution in [0.4, 0.5) is 5.69 Å². The van der Waals surface area contributed by atoms with Crippen molar-refractivity contribution >= 4 is 30.5 Å². The lowest BCUT2D eigenvalue weighted by Gasteiger charge is -2.35.